The molecule has 0 fully saturated rings. The summed E-state index contributed by atoms with van der Waals surface area (Å²) >= 11 is 1.31. The Labute approximate surface area is 171 Å². The van der Waals surface area contributed by atoms with E-state index in [9.17, 15) is 9.59 Å². The number of para-hydroxylation sites is 1. The summed E-state index contributed by atoms with van der Waals surface area (Å²) in [5.41, 5.74) is 2.36. The predicted octanol–water partition coefficient (Wildman–Crippen LogP) is 3.83. The van der Waals surface area contributed by atoms with Crippen molar-refractivity contribution in [3.8, 4) is 16.8 Å². The van der Waals surface area contributed by atoms with Crippen LogP contribution in [0.4, 0.5) is 0 Å². The molecule has 146 valence electrons. The highest BCUT2D eigenvalue weighted by Crippen LogP contribution is 2.38. The lowest BCUT2D eigenvalue weighted by molar-refractivity contribution is 0.0956. The third-order valence-corrected chi connectivity index (χ3v) is 5.83. The first kappa shape index (κ1) is 19.1. The Balaban J connectivity index is 1.97. The smallest absolute Gasteiger partial charge is 0.262 e. The Morgan fingerprint density at radius 2 is 1.66 bits per heavy atom. The number of nitrogens with zero attached hydrogens (tertiary/aromatic N) is 1. The largest absolute Gasteiger partial charge is 0.396 e. The van der Waals surface area contributed by atoms with Gasteiger partial charge in [0.25, 0.3) is 11.5 Å². The van der Waals surface area contributed by atoms with E-state index in [-0.39, 0.29) is 18.1 Å². The van der Waals surface area contributed by atoms with E-state index in [1.54, 1.807) is 16.7 Å². The lowest BCUT2D eigenvalue weighted by atomic mass is 10.0. The fraction of sp³-hybridized carbons (Fsp3) is 0.130. The summed E-state index contributed by atoms with van der Waals surface area (Å²) < 4.78 is 1.65. The molecule has 0 unspecified atom stereocenters. The Bertz CT molecular complexity index is 1200. The molecule has 0 bridgehead atoms. The third-order valence-electron chi connectivity index (χ3n) is 4.65. The van der Waals surface area contributed by atoms with E-state index in [0.717, 1.165) is 27.0 Å². The van der Waals surface area contributed by atoms with Gasteiger partial charge in [-0.3, -0.25) is 14.2 Å². The van der Waals surface area contributed by atoms with Gasteiger partial charge in [-0.05, 0) is 30.2 Å². The van der Waals surface area contributed by atoms with Crippen molar-refractivity contribution in [2.45, 2.75) is 6.42 Å². The van der Waals surface area contributed by atoms with E-state index in [2.05, 4.69) is 5.32 Å². The molecule has 6 heteroatoms. The zero-order valence-corrected chi connectivity index (χ0v) is 16.5. The van der Waals surface area contributed by atoms with Gasteiger partial charge in [-0.1, -0.05) is 48.5 Å². The molecule has 0 aliphatic carbocycles. The number of carbonyl (C=O) groups excluding carboxylic acids is 1. The maximum atomic E-state index is 12.9. The predicted molar refractivity (Wildman–Crippen MR) is 117 cm³/mol. The molecule has 1 amide bonds. The van der Waals surface area contributed by atoms with Crippen LogP contribution in [-0.2, 0) is 0 Å². The molecule has 0 atom stereocenters. The number of carbonyl (C=O) groups is 1. The molecule has 0 radical (unpaired) electrons. The molecule has 29 heavy (non-hydrogen) atoms. The monoisotopic (exact) mass is 404 g/mol. The summed E-state index contributed by atoms with van der Waals surface area (Å²) in [5, 5.41) is 12.7. The van der Waals surface area contributed by atoms with Crippen molar-refractivity contribution in [2.24, 2.45) is 0 Å². The van der Waals surface area contributed by atoms with Crippen molar-refractivity contribution in [1.29, 1.82) is 0 Å². The molecule has 2 aromatic heterocycles. The number of amides is 1. The molecule has 5 nitrogen and oxygen atoms in total. The number of aromatic nitrogens is 1. The van der Waals surface area contributed by atoms with Crippen LogP contribution < -0.4 is 10.9 Å². The molecular formula is C23H20N2O3S. The van der Waals surface area contributed by atoms with Gasteiger partial charge in [0, 0.05) is 30.2 Å². The molecule has 4 aromatic rings. The number of pyridine rings is 1. The molecule has 4 rings (SSSR count). The zero-order chi connectivity index (χ0) is 20.2. The molecule has 0 saturated carbocycles. The van der Waals surface area contributed by atoms with Crippen LogP contribution in [0.3, 0.4) is 0 Å². The highest BCUT2D eigenvalue weighted by atomic mass is 32.1. The number of thiophene rings is 1. The molecule has 2 heterocycles. The van der Waals surface area contributed by atoms with Crippen LogP contribution in [0.25, 0.3) is 27.0 Å². The number of hydrogen-bond donors (Lipinski definition) is 2. The van der Waals surface area contributed by atoms with E-state index in [0.29, 0.717) is 17.8 Å². The summed E-state index contributed by atoms with van der Waals surface area (Å²) in [6, 6.07) is 22.5. The number of hydrogen-bond acceptors (Lipinski definition) is 4. The minimum atomic E-state index is -0.203. The average molecular weight is 404 g/mol. The van der Waals surface area contributed by atoms with E-state index >= 15 is 0 Å². The lowest BCUT2D eigenvalue weighted by Crippen LogP contribution is -2.24. The average Bonchev–Trinajstić information content (AvgIpc) is 3.14. The fourth-order valence-corrected chi connectivity index (χ4v) is 4.57. The van der Waals surface area contributed by atoms with Crippen molar-refractivity contribution in [3.63, 3.8) is 0 Å². The molecule has 0 aliphatic heterocycles. The molecular weight excluding hydrogens is 384 g/mol. The van der Waals surface area contributed by atoms with E-state index in [1.807, 2.05) is 60.7 Å². The van der Waals surface area contributed by atoms with Crippen LogP contribution in [-0.4, -0.2) is 28.7 Å². The Morgan fingerprint density at radius 1 is 0.966 bits per heavy atom. The number of nitrogens with one attached hydrogen (secondary N) is 1. The second-order valence-corrected chi connectivity index (χ2v) is 7.57. The van der Waals surface area contributed by atoms with E-state index in [4.69, 9.17) is 5.11 Å². The number of aliphatic hydroxyl groups is 1. The summed E-state index contributed by atoms with van der Waals surface area (Å²) in [6.45, 7) is 0.412. The molecule has 0 aliphatic rings. The maximum absolute atomic E-state index is 12.9. The summed E-state index contributed by atoms with van der Waals surface area (Å²) in [7, 11) is 0. The van der Waals surface area contributed by atoms with Crippen molar-refractivity contribution in [2.75, 3.05) is 13.2 Å². The Hall–Kier alpha value is -3.22. The number of aliphatic hydroxyl groups excluding tert-OH is 1. The van der Waals surface area contributed by atoms with Crippen LogP contribution in [0.2, 0.25) is 0 Å². The van der Waals surface area contributed by atoms with Gasteiger partial charge >= 0.3 is 0 Å². The van der Waals surface area contributed by atoms with E-state index in [1.165, 1.54) is 11.3 Å². The zero-order valence-electron chi connectivity index (χ0n) is 15.7. The normalized spacial score (nSPS) is 10.9. The van der Waals surface area contributed by atoms with Gasteiger partial charge in [0.05, 0.1) is 5.69 Å². The van der Waals surface area contributed by atoms with Crippen LogP contribution in [0.1, 0.15) is 16.1 Å². The SMILES string of the molecule is O=C(NCCCO)c1sc2c(ccc(=O)n2-c2ccccc2)c1-c1ccccc1. The molecule has 2 aromatic carbocycles. The molecule has 0 saturated heterocycles. The standard InChI is InChI=1S/C23H20N2O3S/c26-15-7-14-24-22(28)21-20(16-8-3-1-4-9-16)18-12-13-19(27)25(23(18)29-21)17-10-5-2-6-11-17/h1-6,8-13,26H,7,14-15H2,(H,24,28). The van der Waals surface area contributed by atoms with Crippen LogP contribution in [0, 0.1) is 0 Å². The van der Waals surface area contributed by atoms with E-state index < -0.39 is 0 Å². The molecule has 2 N–H and O–H groups in total. The second kappa shape index (κ2) is 8.43. The van der Waals surface area contributed by atoms with Gasteiger partial charge in [-0.25, -0.2) is 0 Å². The van der Waals surface area contributed by atoms with Crippen LogP contribution >= 0.6 is 11.3 Å². The first-order valence-corrected chi connectivity index (χ1v) is 10.2. The number of benzene rings is 2. The van der Waals surface area contributed by atoms with Gasteiger partial charge in [-0.2, -0.15) is 0 Å². The first-order chi connectivity index (χ1) is 14.2. The minimum absolute atomic E-state index is 0.0196. The summed E-state index contributed by atoms with van der Waals surface area (Å²) in [4.78, 5) is 26.9. The van der Waals surface area contributed by atoms with Crippen LogP contribution in [0.15, 0.2) is 77.6 Å². The van der Waals surface area contributed by atoms with Gasteiger partial charge in [0.15, 0.2) is 0 Å². The number of rotatable bonds is 6. The highest BCUT2D eigenvalue weighted by Gasteiger charge is 2.22. The minimum Gasteiger partial charge on any atom is -0.396 e. The maximum Gasteiger partial charge on any atom is 0.262 e. The van der Waals surface area contributed by atoms with Gasteiger partial charge < -0.3 is 10.4 Å². The third kappa shape index (κ3) is 3.72. The summed E-state index contributed by atoms with van der Waals surface area (Å²) in [6.07, 6.45) is 0.492. The number of fused-ring (bicyclic) bond motifs is 1. The summed E-state index contributed by atoms with van der Waals surface area (Å²) in [5.74, 6) is -0.203. The first-order valence-electron chi connectivity index (χ1n) is 9.39. The fourth-order valence-electron chi connectivity index (χ4n) is 3.32. The van der Waals surface area contributed by atoms with Gasteiger partial charge in [0.1, 0.15) is 9.71 Å². The Kier molecular flexibility index (Phi) is 5.55. The van der Waals surface area contributed by atoms with Crippen molar-refractivity contribution >= 4 is 27.5 Å². The quantitative estimate of drug-likeness (QED) is 0.480. The van der Waals surface area contributed by atoms with Gasteiger partial charge in [0.2, 0.25) is 0 Å². The van der Waals surface area contributed by atoms with Crippen LogP contribution in [0.5, 0.6) is 0 Å². The van der Waals surface area contributed by atoms with Crippen molar-refractivity contribution in [3.05, 3.63) is 88.0 Å². The van der Waals surface area contributed by atoms with Crippen molar-refractivity contribution < 1.29 is 9.90 Å². The lowest BCUT2D eigenvalue weighted by Gasteiger charge is -2.08. The van der Waals surface area contributed by atoms with Crippen molar-refractivity contribution in [1.82, 2.24) is 9.88 Å². The highest BCUT2D eigenvalue weighted by molar-refractivity contribution is 7.21. The Morgan fingerprint density at radius 3 is 2.34 bits per heavy atom. The second-order valence-electron chi connectivity index (χ2n) is 6.57. The molecule has 0 spiro atoms. The van der Waals surface area contributed by atoms with Gasteiger partial charge in [-0.15, -0.1) is 11.3 Å². The topological polar surface area (TPSA) is 71.3 Å².